The molecule has 8 nitrogen and oxygen atoms in total. The van der Waals surface area contributed by atoms with Gasteiger partial charge in [-0.25, -0.2) is 4.72 Å². The van der Waals surface area contributed by atoms with Crippen molar-refractivity contribution in [3.05, 3.63) is 29.1 Å². The Morgan fingerprint density at radius 3 is 2.68 bits per heavy atom. The molecule has 2 rings (SSSR count). The van der Waals surface area contributed by atoms with Crippen molar-refractivity contribution >= 4 is 23.1 Å². The summed E-state index contributed by atoms with van der Waals surface area (Å²) in [6.45, 7) is 5.35. The van der Waals surface area contributed by atoms with Crippen molar-refractivity contribution in [2.45, 2.75) is 58.4 Å². The first-order valence-corrected chi connectivity index (χ1v) is 10.7. The number of rotatable bonds is 11. The number of nitrogens with one attached hydrogen (secondary N) is 1. The molecule has 2 heterocycles. The van der Waals surface area contributed by atoms with Gasteiger partial charge in [-0.3, -0.25) is 18.8 Å². The highest BCUT2D eigenvalue weighted by molar-refractivity contribution is 7.77. The second kappa shape index (κ2) is 10.6. The molecule has 1 aliphatic rings. The van der Waals surface area contributed by atoms with E-state index >= 15 is 0 Å². The number of aryl methyl sites for hydroxylation is 3. The fourth-order valence-electron chi connectivity index (χ4n) is 3.32. The van der Waals surface area contributed by atoms with Crippen LogP contribution in [0, 0.1) is 12.8 Å². The Morgan fingerprint density at radius 1 is 1.39 bits per heavy atom. The molecule has 2 unspecified atom stereocenters. The Balaban J connectivity index is 1.75. The smallest absolute Gasteiger partial charge is 0.322 e. The Morgan fingerprint density at radius 2 is 2.11 bits per heavy atom. The molecule has 156 valence electrons. The van der Waals surface area contributed by atoms with Crippen molar-refractivity contribution in [3.8, 4) is 0 Å². The van der Waals surface area contributed by atoms with Gasteiger partial charge in [-0.1, -0.05) is 19.4 Å². The third-order valence-corrected chi connectivity index (χ3v) is 5.56. The largest absolute Gasteiger partial charge is 0.760 e. The molecule has 2 atom stereocenters. The second-order valence-corrected chi connectivity index (χ2v) is 8.01. The Bertz CT molecular complexity index is 722. The van der Waals surface area contributed by atoms with Gasteiger partial charge in [0, 0.05) is 35.7 Å². The summed E-state index contributed by atoms with van der Waals surface area (Å²) in [5.74, 6) is -1.36. The average Bonchev–Trinajstić information content (AvgIpc) is 2.58. The van der Waals surface area contributed by atoms with Crippen molar-refractivity contribution in [2.24, 2.45) is 5.92 Å². The molecule has 0 saturated carbocycles. The molecule has 0 aliphatic carbocycles. The number of carbonyl (C=O) groups excluding carboxylic acids is 1. The maximum Gasteiger partial charge on any atom is 0.322 e. The minimum atomic E-state index is -2.73. The number of likely N-dealkylation sites (tertiary alicyclic amines) is 1. The number of carbonyl (C=O) groups is 2. The van der Waals surface area contributed by atoms with Gasteiger partial charge in [-0.2, -0.15) is 0 Å². The zero-order valence-corrected chi connectivity index (χ0v) is 17.2. The molecule has 1 fully saturated rings. The van der Waals surface area contributed by atoms with E-state index in [0.29, 0.717) is 19.0 Å². The lowest BCUT2D eigenvalue weighted by molar-refractivity contribution is -0.145. The lowest BCUT2D eigenvalue weighted by atomic mass is 9.93. The molecule has 0 aromatic carbocycles. The minimum absolute atomic E-state index is 0.351. The normalized spacial score (nSPS) is 16.5. The zero-order valence-electron chi connectivity index (χ0n) is 16.3. The Hall–Kier alpha value is -1.84. The first-order valence-electron chi connectivity index (χ1n) is 9.61. The zero-order chi connectivity index (χ0) is 20.7. The van der Waals surface area contributed by atoms with E-state index < -0.39 is 23.3 Å². The lowest BCUT2D eigenvalue weighted by Gasteiger charge is -2.40. The van der Waals surface area contributed by atoms with Crippen molar-refractivity contribution in [1.82, 2.24) is 14.6 Å². The van der Waals surface area contributed by atoms with E-state index in [1.165, 1.54) is 5.56 Å². The number of aliphatic carboxylic acids is 1. The quantitative estimate of drug-likeness (QED) is 0.531. The van der Waals surface area contributed by atoms with E-state index in [1.807, 2.05) is 11.6 Å². The van der Waals surface area contributed by atoms with Crippen LogP contribution in [0.5, 0.6) is 0 Å². The van der Waals surface area contributed by atoms with Crippen LogP contribution < -0.4 is 4.72 Å². The molecule has 1 aliphatic heterocycles. The number of hydrogen-bond donors (Lipinski definition) is 2. The highest BCUT2D eigenvalue weighted by Gasteiger charge is 2.32. The fourth-order valence-corrected chi connectivity index (χ4v) is 3.74. The van der Waals surface area contributed by atoms with E-state index in [-0.39, 0.29) is 12.3 Å². The molecule has 0 spiro atoms. The monoisotopic (exact) mass is 410 g/mol. The predicted molar refractivity (Wildman–Crippen MR) is 104 cm³/mol. The van der Waals surface area contributed by atoms with Crippen LogP contribution in [0.25, 0.3) is 0 Å². The van der Waals surface area contributed by atoms with Crippen LogP contribution in [0.15, 0.2) is 12.1 Å². The number of carboxylic acid groups (broad SMARTS) is 1. The van der Waals surface area contributed by atoms with Gasteiger partial charge >= 0.3 is 5.97 Å². The molecule has 0 bridgehead atoms. The number of carboxylic acids is 1. The second-order valence-electron chi connectivity index (χ2n) is 7.30. The number of aromatic nitrogens is 1. The topological polar surface area (TPSA) is 123 Å². The maximum absolute atomic E-state index is 12.1. The van der Waals surface area contributed by atoms with E-state index in [9.17, 15) is 18.4 Å². The van der Waals surface area contributed by atoms with Gasteiger partial charge in [0.05, 0.1) is 6.42 Å². The van der Waals surface area contributed by atoms with Crippen molar-refractivity contribution < 1.29 is 23.5 Å². The molecular formula is C19H28N3O5S-. The Labute approximate surface area is 168 Å². The van der Waals surface area contributed by atoms with Crippen molar-refractivity contribution in [1.29, 1.82) is 0 Å². The van der Waals surface area contributed by atoms with E-state index in [4.69, 9.17) is 5.11 Å². The molecule has 9 heteroatoms. The fraction of sp³-hybridized carbons (Fsp3) is 0.632. The summed E-state index contributed by atoms with van der Waals surface area (Å²) >= 11 is -2.73. The van der Waals surface area contributed by atoms with Crippen molar-refractivity contribution in [2.75, 3.05) is 13.1 Å². The summed E-state index contributed by atoms with van der Waals surface area (Å²) in [5, 5.41) is 8.98. The van der Waals surface area contributed by atoms with Crippen LogP contribution in [0.2, 0.25) is 0 Å². The minimum Gasteiger partial charge on any atom is -0.760 e. The van der Waals surface area contributed by atoms with Crippen LogP contribution in [0.3, 0.4) is 0 Å². The SMILES string of the molecule is CCCCc1ccc(CCC2CN(C(=O)CC(NS(=O)[O-])C(=O)O)C2)nc1C. The van der Waals surface area contributed by atoms with Gasteiger partial charge in [0.2, 0.25) is 5.91 Å². The first-order chi connectivity index (χ1) is 13.3. The van der Waals surface area contributed by atoms with Crippen LogP contribution in [0.4, 0.5) is 0 Å². The van der Waals surface area contributed by atoms with Gasteiger partial charge in [0.25, 0.3) is 0 Å². The summed E-state index contributed by atoms with van der Waals surface area (Å²) in [6.07, 6.45) is 4.76. The number of hydrogen-bond acceptors (Lipinski definition) is 5. The van der Waals surface area contributed by atoms with Gasteiger partial charge in [-0.15, -0.1) is 0 Å². The molecule has 1 aromatic heterocycles. The highest BCUT2D eigenvalue weighted by atomic mass is 32.2. The summed E-state index contributed by atoms with van der Waals surface area (Å²) in [6, 6.07) is 2.80. The van der Waals surface area contributed by atoms with Gasteiger partial charge in [-0.05, 0) is 50.2 Å². The Kier molecular flexibility index (Phi) is 8.53. The third kappa shape index (κ3) is 6.65. The van der Waals surface area contributed by atoms with Crippen LogP contribution >= 0.6 is 0 Å². The van der Waals surface area contributed by atoms with Gasteiger partial charge in [0.15, 0.2) is 0 Å². The summed E-state index contributed by atoms with van der Waals surface area (Å²) in [4.78, 5) is 29.4. The average molecular weight is 411 g/mol. The van der Waals surface area contributed by atoms with E-state index in [0.717, 1.165) is 43.5 Å². The molecule has 28 heavy (non-hydrogen) atoms. The molecule has 1 amide bonds. The third-order valence-electron chi connectivity index (χ3n) is 5.09. The van der Waals surface area contributed by atoms with E-state index in [1.54, 1.807) is 4.90 Å². The number of pyridine rings is 1. The van der Waals surface area contributed by atoms with E-state index in [2.05, 4.69) is 24.0 Å². The molecular weight excluding hydrogens is 382 g/mol. The standard InChI is InChI=1S/C19H29N3O5S/c1-3-4-5-15-7-9-16(20-13(15)2)8-6-14-11-22(12-14)18(23)10-17(19(24)25)21-28(26)27/h7,9,14,17,21H,3-6,8,10-12H2,1-2H3,(H,24,25)(H,26,27)/p-1. The molecule has 1 saturated heterocycles. The van der Waals surface area contributed by atoms with Gasteiger partial charge in [0.1, 0.15) is 6.04 Å². The first kappa shape index (κ1) is 22.4. The van der Waals surface area contributed by atoms with Crippen molar-refractivity contribution in [3.63, 3.8) is 0 Å². The number of unbranched alkanes of at least 4 members (excludes halogenated alkanes) is 1. The molecule has 1 aromatic rings. The number of amides is 1. The molecule has 2 N–H and O–H groups in total. The van der Waals surface area contributed by atoms with Crippen LogP contribution in [-0.2, 0) is 33.7 Å². The summed E-state index contributed by atoms with van der Waals surface area (Å²) in [5.41, 5.74) is 3.43. The predicted octanol–water partition coefficient (Wildman–Crippen LogP) is 1.35. The lowest BCUT2D eigenvalue weighted by Crippen LogP contribution is -2.52. The summed E-state index contributed by atoms with van der Waals surface area (Å²) < 4.78 is 23.1. The summed E-state index contributed by atoms with van der Waals surface area (Å²) in [7, 11) is 0. The number of nitrogens with zero attached hydrogens (tertiary/aromatic N) is 2. The van der Waals surface area contributed by atoms with Crippen LogP contribution in [0.1, 0.15) is 49.6 Å². The van der Waals surface area contributed by atoms with Gasteiger partial charge < -0.3 is 14.6 Å². The highest BCUT2D eigenvalue weighted by Crippen LogP contribution is 2.22. The maximum atomic E-state index is 12.1. The molecule has 0 radical (unpaired) electrons. The van der Waals surface area contributed by atoms with Crippen LogP contribution in [-0.4, -0.2) is 54.8 Å².